The fourth-order valence-corrected chi connectivity index (χ4v) is 2.55. The van der Waals surface area contributed by atoms with Crippen LogP contribution in [0.25, 0.3) is 16.6 Å². The fraction of sp³-hybridized carbons (Fsp3) is 0.353. The van der Waals surface area contributed by atoms with Crippen LogP contribution in [-0.4, -0.2) is 42.6 Å². The summed E-state index contributed by atoms with van der Waals surface area (Å²) in [6, 6.07) is 3.48. The van der Waals surface area contributed by atoms with E-state index in [2.05, 4.69) is 10.2 Å². The summed E-state index contributed by atoms with van der Waals surface area (Å²) in [7, 11) is 0. The largest absolute Gasteiger partial charge is 0.416 e. The van der Waals surface area contributed by atoms with Gasteiger partial charge in [-0.25, -0.2) is 4.52 Å². The maximum Gasteiger partial charge on any atom is 0.416 e. The Morgan fingerprint density at radius 3 is 2.54 bits per heavy atom. The molecule has 0 radical (unpaired) electrons. The van der Waals surface area contributed by atoms with Crippen LogP contribution in [0.1, 0.15) is 24.2 Å². The number of alkyl halides is 3. The molecule has 3 aromatic rings. The lowest BCUT2D eigenvalue weighted by Crippen LogP contribution is -2.32. The van der Waals surface area contributed by atoms with Gasteiger partial charge < -0.3 is 5.11 Å². The molecule has 0 aliphatic rings. The topological polar surface area (TPSA) is 72.4 Å². The van der Waals surface area contributed by atoms with Gasteiger partial charge in [-0.3, -0.25) is 9.48 Å². The third-order valence-corrected chi connectivity index (χ3v) is 4.01. The van der Waals surface area contributed by atoms with E-state index >= 15 is 0 Å². The molecule has 3 rings (SSSR count). The maximum atomic E-state index is 12.4. The standard InChI is InChI=1S/C17H17F3N4O2/c1-10(2)16(26)13-6-22-24-8-11(3-4-14(13)24)12-5-21-23(7-12)9-15(25)17(18,19)20/h3-8,10,15,25H,9H2,1-2H3/t15-/m0/s1. The van der Waals surface area contributed by atoms with Gasteiger partial charge in [0.1, 0.15) is 0 Å². The first-order chi connectivity index (χ1) is 12.2. The minimum Gasteiger partial charge on any atom is -0.382 e. The molecular weight excluding hydrogens is 349 g/mol. The van der Waals surface area contributed by atoms with Gasteiger partial charge in [-0.1, -0.05) is 19.9 Å². The number of ketones is 1. The SMILES string of the molecule is CC(C)C(=O)c1cnn2cc(-c3cnn(C[C@H](O)C(F)(F)F)c3)ccc12. The van der Waals surface area contributed by atoms with Crippen LogP contribution in [0.2, 0.25) is 0 Å². The number of pyridine rings is 1. The highest BCUT2D eigenvalue weighted by Gasteiger charge is 2.38. The minimum absolute atomic E-state index is 0.0123. The molecule has 0 bridgehead atoms. The summed E-state index contributed by atoms with van der Waals surface area (Å²) in [5, 5.41) is 17.2. The molecule has 0 aliphatic heterocycles. The molecule has 9 heteroatoms. The van der Waals surface area contributed by atoms with E-state index in [1.807, 2.05) is 13.8 Å². The van der Waals surface area contributed by atoms with E-state index in [4.69, 9.17) is 5.11 Å². The number of fused-ring (bicyclic) bond motifs is 1. The molecule has 0 saturated heterocycles. The Hall–Kier alpha value is -2.68. The second-order valence-corrected chi connectivity index (χ2v) is 6.33. The Labute approximate surface area is 146 Å². The number of aliphatic hydroxyl groups is 1. The Morgan fingerprint density at radius 2 is 1.88 bits per heavy atom. The molecule has 0 saturated carbocycles. The van der Waals surface area contributed by atoms with Crippen molar-refractivity contribution in [3.63, 3.8) is 0 Å². The van der Waals surface area contributed by atoms with Gasteiger partial charge in [0.25, 0.3) is 0 Å². The summed E-state index contributed by atoms with van der Waals surface area (Å²) in [6.45, 7) is 2.94. The lowest BCUT2D eigenvalue weighted by Gasteiger charge is -2.13. The summed E-state index contributed by atoms with van der Waals surface area (Å²) in [5.74, 6) is -0.164. The van der Waals surface area contributed by atoms with Crippen LogP contribution in [0.15, 0.2) is 36.9 Å². The fourth-order valence-electron chi connectivity index (χ4n) is 2.55. The molecule has 0 spiro atoms. The number of hydrogen-bond acceptors (Lipinski definition) is 4. The van der Waals surface area contributed by atoms with E-state index in [1.54, 1.807) is 22.8 Å². The van der Waals surface area contributed by atoms with Gasteiger partial charge in [0.2, 0.25) is 0 Å². The van der Waals surface area contributed by atoms with E-state index in [0.717, 1.165) is 4.68 Å². The van der Waals surface area contributed by atoms with Gasteiger partial charge in [0.15, 0.2) is 11.9 Å². The van der Waals surface area contributed by atoms with Crippen molar-refractivity contribution in [1.29, 1.82) is 0 Å². The molecule has 6 nitrogen and oxygen atoms in total. The number of halogens is 3. The van der Waals surface area contributed by atoms with E-state index in [9.17, 15) is 18.0 Å². The van der Waals surface area contributed by atoms with Crippen LogP contribution in [0.3, 0.4) is 0 Å². The molecule has 3 aromatic heterocycles. The monoisotopic (exact) mass is 366 g/mol. The van der Waals surface area contributed by atoms with Crippen molar-refractivity contribution in [3.05, 3.63) is 42.5 Å². The quantitative estimate of drug-likeness (QED) is 0.705. The minimum atomic E-state index is -4.70. The Bertz CT molecular complexity index is 943. The Balaban J connectivity index is 1.87. The lowest BCUT2D eigenvalue weighted by atomic mass is 10.0. The van der Waals surface area contributed by atoms with Gasteiger partial charge in [-0.05, 0) is 6.07 Å². The molecule has 0 aromatic carbocycles. The highest BCUT2D eigenvalue weighted by atomic mass is 19.4. The Morgan fingerprint density at radius 1 is 1.15 bits per heavy atom. The van der Waals surface area contributed by atoms with E-state index in [0.29, 0.717) is 22.2 Å². The number of aromatic nitrogens is 4. The zero-order valence-electron chi connectivity index (χ0n) is 14.1. The lowest BCUT2D eigenvalue weighted by molar-refractivity contribution is -0.208. The third kappa shape index (κ3) is 3.48. The predicted molar refractivity (Wildman–Crippen MR) is 87.6 cm³/mol. The molecule has 26 heavy (non-hydrogen) atoms. The summed E-state index contributed by atoms with van der Waals surface area (Å²) in [4.78, 5) is 12.2. The summed E-state index contributed by atoms with van der Waals surface area (Å²) in [6.07, 6.45) is -1.17. The number of Topliss-reactive ketones (excluding diaryl/α,β-unsaturated/α-hetero) is 1. The number of aliphatic hydroxyl groups excluding tert-OH is 1. The van der Waals surface area contributed by atoms with Gasteiger partial charge >= 0.3 is 6.18 Å². The summed E-state index contributed by atoms with van der Waals surface area (Å²) in [5.41, 5.74) is 2.44. The molecule has 1 atom stereocenters. The molecule has 0 amide bonds. The smallest absolute Gasteiger partial charge is 0.382 e. The van der Waals surface area contributed by atoms with Gasteiger partial charge in [-0.2, -0.15) is 23.4 Å². The van der Waals surface area contributed by atoms with E-state index in [1.165, 1.54) is 18.6 Å². The normalized spacial score (nSPS) is 13.5. The number of rotatable bonds is 5. The molecule has 3 heterocycles. The molecule has 0 aliphatic carbocycles. The van der Waals surface area contributed by atoms with Crippen LogP contribution >= 0.6 is 0 Å². The number of hydrogen-bond donors (Lipinski definition) is 1. The van der Waals surface area contributed by atoms with Crippen molar-refractivity contribution in [2.45, 2.75) is 32.7 Å². The average molecular weight is 366 g/mol. The van der Waals surface area contributed by atoms with Crippen LogP contribution in [0.4, 0.5) is 13.2 Å². The van der Waals surface area contributed by atoms with Crippen molar-refractivity contribution in [3.8, 4) is 11.1 Å². The molecule has 1 N–H and O–H groups in total. The van der Waals surface area contributed by atoms with Gasteiger partial charge in [0.05, 0.1) is 30.0 Å². The van der Waals surface area contributed by atoms with Gasteiger partial charge in [-0.15, -0.1) is 0 Å². The molecular formula is C17H17F3N4O2. The Kier molecular flexibility index (Phi) is 4.57. The molecule has 138 valence electrons. The molecule has 0 unspecified atom stereocenters. The molecule has 0 fully saturated rings. The third-order valence-electron chi connectivity index (χ3n) is 4.01. The highest BCUT2D eigenvalue weighted by molar-refractivity contribution is 6.03. The second kappa shape index (κ2) is 6.56. The van der Waals surface area contributed by atoms with Crippen LogP contribution in [0.5, 0.6) is 0 Å². The maximum absolute atomic E-state index is 12.4. The van der Waals surface area contributed by atoms with E-state index < -0.39 is 18.8 Å². The van der Waals surface area contributed by atoms with Crippen molar-refractivity contribution >= 4 is 11.3 Å². The number of carbonyl (C=O) groups is 1. The number of carbonyl (C=O) groups excluding carboxylic acids is 1. The van der Waals surface area contributed by atoms with Crippen molar-refractivity contribution in [1.82, 2.24) is 19.4 Å². The van der Waals surface area contributed by atoms with Crippen molar-refractivity contribution < 1.29 is 23.1 Å². The zero-order valence-corrected chi connectivity index (χ0v) is 14.1. The average Bonchev–Trinajstić information content (AvgIpc) is 3.19. The predicted octanol–water partition coefficient (Wildman–Crippen LogP) is 2.96. The van der Waals surface area contributed by atoms with Crippen molar-refractivity contribution in [2.75, 3.05) is 0 Å². The first-order valence-corrected chi connectivity index (χ1v) is 7.96. The first kappa shape index (κ1) is 18.1. The summed E-state index contributed by atoms with van der Waals surface area (Å²) < 4.78 is 39.9. The van der Waals surface area contributed by atoms with Crippen LogP contribution in [0, 0.1) is 5.92 Å². The highest BCUT2D eigenvalue weighted by Crippen LogP contribution is 2.24. The van der Waals surface area contributed by atoms with Gasteiger partial charge in [0, 0.05) is 29.4 Å². The first-order valence-electron chi connectivity index (χ1n) is 7.96. The van der Waals surface area contributed by atoms with Crippen molar-refractivity contribution in [2.24, 2.45) is 5.92 Å². The summed E-state index contributed by atoms with van der Waals surface area (Å²) >= 11 is 0. The number of nitrogens with zero attached hydrogens (tertiary/aromatic N) is 4. The zero-order chi connectivity index (χ0) is 19.1. The van der Waals surface area contributed by atoms with Crippen LogP contribution < -0.4 is 0 Å². The second-order valence-electron chi connectivity index (χ2n) is 6.33. The van der Waals surface area contributed by atoms with E-state index in [-0.39, 0.29) is 11.7 Å². The van der Waals surface area contributed by atoms with Crippen LogP contribution in [-0.2, 0) is 6.54 Å².